The Balaban J connectivity index is 1.89. The van der Waals surface area contributed by atoms with E-state index in [1.165, 1.54) is 5.56 Å². The smallest absolute Gasteiger partial charge is 0.335 e. The first-order valence-corrected chi connectivity index (χ1v) is 8.09. The highest BCUT2D eigenvalue weighted by atomic mass is 16.4. The summed E-state index contributed by atoms with van der Waals surface area (Å²) in [6, 6.07) is 17.9. The number of hydrogen-bond donors (Lipinski definition) is 1. The van der Waals surface area contributed by atoms with Crippen molar-refractivity contribution in [2.45, 2.75) is 19.4 Å². The molecule has 1 fully saturated rings. The standard InChI is InChI=1S/C20H20N2O2/c1-14-6-5-9-17(20(23)24)19(14)18-13-22(12-16(18)10-21)11-15-7-3-2-4-8-15/h2-9,16,18H,11-13H2,1H3,(H,23,24). The Labute approximate surface area is 142 Å². The van der Waals surface area contributed by atoms with Crippen molar-refractivity contribution in [2.75, 3.05) is 13.1 Å². The predicted molar refractivity (Wildman–Crippen MR) is 91.7 cm³/mol. The van der Waals surface area contributed by atoms with Gasteiger partial charge >= 0.3 is 5.97 Å². The van der Waals surface area contributed by atoms with Gasteiger partial charge in [-0.25, -0.2) is 4.79 Å². The predicted octanol–water partition coefficient (Wildman–Crippen LogP) is 3.43. The molecule has 1 aliphatic heterocycles. The highest BCUT2D eigenvalue weighted by Crippen LogP contribution is 2.36. The zero-order valence-corrected chi connectivity index (χ0v) is 13.6. The molecule has 0 saturated carbocycles. The third-order valence-corrected chi connectivity index (χ3v) is 4.74. The van der Waals surface area contributed by atoms with Gasteiger partial charge in [-0.05, 0) is 29.7 Å². The van der Waals surface area contributed by atoms with Gasteiger partial charge in [0.1, 0.15) is 0 Å². The van der Waals surface area contributed by atoms with E-state index in [4.69, 9.17) is 0 Å². The van der Waals surface area contributed by atoms with Gasteiger partial charge < -0.3 is 5.11 Å². The van der Waals surface area contributed by atoms with E-state index in [1.54, 1.807) is 12.1 Å². The van der Waals surface area contributed by atoms with Crippen molar-refractivity contribution in [3.05, 3.63) is 70.8 Å². The summed E-state index contributed by atoms with van der Waals surface area (Å²) in [5, 5.41) is 19.1. The first-order valence-electron chi connectivity index (χ1n) is 8.09. The lowest BCUT2D eigenvalue weighted by atomic mass is 9.84. The van der Waals surface area contributed by atoms with Gasteiger partial charge in [-0.15, -0.1) is 0 Å². The van der Waals surface area contributed by atoms with E-state index in [1.807, 2.05) is 31.2 Å². The number of rotatable bonds is 4. The Morgan fingerprint density at radius 1 is 1.21 bits per heavy atom. The van der Waals surface area contributed by atoms with Crippen LogP contribution in [-0.2, 0) is 6.54 Å². The zero-order valence-electron chi connectivity index (χ0n) is 13.6. The van der Waals surface area contributed by atoms with E-state index in [-0.39, 0.29) is 11.8 Å². The molecule has 0 spiro atoms. The van der Waals surface area contributed by atoms with Crippen LogP contribution in [0, 0.1) is 24.2 Å². The van der Waals surface area contributed by atoms with Crippen molar-refractivity contribution >= 4 is 5.97 Å². The largest absolute Gasteiger partial charge is 0.478 e. The van der Waals surface area contributed by atoms with Crippen LogP contribution in [0.25, 0.3) is 0 Å². The summed E-state index contributed by atoms with van der Waals surface area (Å²) in [7, 11) is 0. The Morgan fingerprint density at radius 3 is 2.62 bits per heavy atom. The molecule has 4 nitrogen and oxygen atoms in total. The molecule has 24 heavy (non-hydrogen) atoms. The van der Waals surface area contributed by atoms with Crippen LogP contribution in [-0.4, -0.2) is 29.1 Å². The molecule has 0 radical (unpaired) electrons. The number of hydrogen-bond acceptors (Lipinski definition) is 3. The lowest BCUT2D eigenvalue weighted by Crippen LogP contribution is -2.20. The minimum atomic E-state index is -0.924. The van der Waals surface area contributed by atoms with Crippen LogP contribution in [0.5, 0.6) is 0 Å². The highest BCUT2D eigenvalue weighted by Gasteiger charge is 2.36. The van der Waals surface area contributed by atoms with Gasteiger partial charge in [0, 0.05) is 25.6 Å². The maximum atomic E-state index is 11.6. The lowest BCUT2D eigenvalue weighted by molar-refractivity contribution is 0.0695. The average Bonchev–Trinajstić information content (AvgIpc) is 2.97. The van der Waals surface area contributed by atoms with Gasteiger partial charge in [-0.2, -0.15) is 5.26 Å². The quantitative estimate of drug-likeness (QED) is 0.937. The minimum absolute atomic E-state index is 0.0639. The molecule has 0 aliphatic carbocycles. The lowest BCUT2D eigenvalue weighted by Gasteiger charge is -2.19. The molecule has 1 aliphatic rings. The Bertz CT molecular complexity index is 780. The molecule has 2 atom stereocenters. The molecule has 0 bridgehead atoms. The third-order valence-electron chi connectivity index (χ3n) is 4.74. The molecule has 1 heterocycles. The van der Waals surface area contributed by atoms with Crippen LogP contribution < -0.4 is 0 Å². The molecule has 2 unspecified atom stereocenters. The van der Waals surface area contributed by atoms with E-state index in [0.29, 0.717) is 18.7 Å². The van der Waals surface area contributed by atoms with Crippen molar-refractivity contribution < 1.29 is 9.90 Å². The fourth-order valence-corrected chi connectivity index (χ4v) is 3.64. The first-order chi connectivity index (χ1) is 11.6. The van der Waals surface area contributed by atoms with Crippen molar-refractivity contribution in [3.63, 3.8) is 0 Å². The van der Waals surface area contributed by atoms with Gasteiger partial charge in [0.25, 0.3) is 0 Å². The fourth-order valence-electron chi connectivity index (χ4n) is 3.64. The van der Waals surface area contributed by atoms with E-state index in [2.05, 4.69) is 23.1 Å². The molecule has 2 aromatic carbocycles. The Morgan fingerprint density at radius 2 is 1.96 bits per heavy atom. The molecule has 1 saturated heterocycles. The summed E-state index contributed by atoms with van der Waals surface area (Å²) in [5.41, 5.74) is 3.29. The van der Waals surface area contributed by atoms with Gasteiger partial charge in [0.15, 0.2) is 0 Å². The average molecular weight is 320 g/mol. The second kappa shape index (κ2) is 6.86. The van der Waals surface area contributed by atoms with Crippen molar-refractivity contribution in [1.29, 1.82) is 5.26 Å². The monoisotopic (exact) mass is 320 g/mol. The summed E-state index contributed by atoms with van der Waals surface area (Å²) in [6.07, 6.45) is 0. The van der Waals surface area contributed by atoms with E-state index in [9.17, 15) is 15.2 Å². The van der Waals surface area contributed by atoms with Crippen molar-refractivity contribution in [3.8, 4) is 6.07 Å². The summed E-state index contributed by atoms with van der Waals surface area (Å²) in [4.78, 5) is 13.8. The van der Waals surface area contributed by atoms with Crippen molar-refractivity contribution in [1.82, 2.24) is 4.90 Å². The maximum absolute atomic E-state index is 11.6. The molecular weight excluding hydrogens is 300 g/mol. The van der Waals surface area contributed by atoms with Gasteiger partial charge in [0.05, 0.1) is 17.6 Å². The van der Waals surface area contributed by atoms with Crippen LogP contribution in [0.15, 0.2) is 48.5 Å². The first kappa shape index (κ1) is 16.2. The van der Waals surface area contributed by atoms with E-state index in [0.717, 1.165) is 17.7 Å². The molecule has 2 aromatic rings. The number of aryl methyl sites for hydroxylation is 1. The zero-order chi connectivity index (χ0) is 17.1. The maximum Gasteiger partial charge on any atom is 0.335 e. The summed E-state index contributed by atoms with van der Waals surface area (Å²) < 4.78 is 0. The number of benzene rings is 2. The summed E-state index contributed by atoms with van der Waals surface area (Å²) in [5.74, 6) is -1.18. The third kappa shape index (κ3) is 3.17. The fraction of sp³-hybridized carbons (Fsp3) is 0.300. The number of nitrogens with zero attached hydrogens (tertiary/aromatic N) is 2. The highest BCUT2D eigenvalue weighted by molar-refractivity contribution is 5.90. The number of carboxylic acids is 1. The molecular formula is C20H20N2O2. The molecule has 3 rings (SSSR count). The van der Waals surface area contributed by atoms with Crippen LogP contribution in [0.3, 0.4) is 0 Å². The number of nitriles is 1. The summed E-state index contributed by atoms with van der Waals surface area (Å²) in [6.45, 7) is 4.08. The molecule has 122 valence electrons. The van der Waals surface area contributed by atoms with Gasteiger partial charge in [0.2, 0.25) is 0 Å². The van der Waals surface area contributed by atoms with Gasteiger partial charge in [-0.1, -0.05) is 42.5 Å². The topological polar surface area (TPSA) is 64.3 Å². The number of carbonyl (C=O) groups is 1. The normalized spacial score (nSPS) is 20.7. The minimum Gasteiger partial charge on any atom is -0.478 e. The van der Waals surface area contributed by atoms with E-state index < -0.39 is 5.97 Å². The molecule has 1 N–H and O–H groups in total. The molecule has 0 aromatic heterocycles. The van der Waals surface area contributed by atoms with Crippen molar-refractivity contribution in [2.24, 2.45) is 5.92 Å². The van der Waals surface area contributed by atoms with Gasteiger partial charge in [-0.3, -0.25) is 4.90 Å². The van der Waals surface area contributed by atoms with Crippen LogP contribution in [0.4, 0.5) is 0 Å². The number of likely N-dealkylation sites (tertiary alicyclic amines) is 1. The summed E-state index contributed by atoms with van der Waals surface area (Å²) >= 11 is 0. The second-order valence-corrected chi connectivity index (χ2v) is 6.36. The Hall–Kier alpha value is -2.64. The molecule has 4 heteroatoms. The number of carboxylic acid groups (broad SMARTS) is 1. The van der Waals surface area contributed by atoms with Crippen LogP contribution in [0.2, 0.25) is 0 Å². The Kier molecular flexibility index (Phi) is 4.64. The molecule has 0 amide bonds. The second-order valence-electron chi connectivity index (χ2n) is 6.36. The van der Waals surface area contributed by atoms with Crippen LogP contribution >= 0.6 is 0 Å². The SMILES string of the molecule is Cc1cccc(C(=O)O)c1C1CN(Cc2ccccc2)CC1C#N. The number of aromatic carboxylic acids is 1. The van der Waals surface area contributed by atoms with Crippen LogP contribution in [0.1, 0.15) is 33.0 Å². The van der Waals surface area contributed by atoms with E-state index >= 15 is 0 Å².